The molecule has 0 N–H and O–H groups in total. The van der Waals surface area contributed by atoms with Crippen LogP contribution in [-0.2, 0) is 11.3 Å². The number of morpholine rings is 1. The van der Waals surface area contributed by atoms with Gasteiger partial charge in [0.15, 0.2) is 5.78 Å². The van der Waals surface area contributed by atoms with Crippen molar-refractivity contribution in [2.24, 2.45) is 0 Å². The van der Waals surface area contributed by atoms with Gasteiger partial charge in [0, 0.05) is 24.7 Å². The van der Waals surface area contributed by atoms with Gasteiger partial charge in [-0.25, -0.2) is 0 Å². The summed E-state index contributed by atoms with van der Waals surface area (Å²) in [4.78, 5) is 14.6. The Kier molecular flexibility index (Phi) is 4.93. The first kappa shape index (κ1) is 15.7. The van der Waals surface area contributed by atoms with E-state index in [2.05, 4.69) is 10.3 Å². The van der Waals surface area contributed by atoms with Crippen LogP contribution in [0.2, 0.25) is 5.02 Å². The monoisotopic (exact) mass is 335 g/mol. The lowest BCUT2D eigenvalue weighted by atomic mass is 10.1. The SMILES string of the molecule is CC(=O)c1cc(CN2CCOC(c3ccc(Cl)cc3)C2)cs1. The van der Waals surface area contributed by atoms with Crippen LogP contribution in [0.5, 0.6) is 0 Å². The molecule has 1 saturated heterocycles. The normalized spacial score (nSPS) is 19.3. The summed E-state index contributed by atoms with van der Waals surface area (Å²) in [6, 6.07) is 9.85. The van der Waals surface area contributed by atoms with Crippen molar-refractivity contribution in [2.45, 2.75) is 19.6 Å². The lowest BCUT2D eigenvalue weighted by molar-refractivity contribution is -0.0328. The van der Waals surface area contributed by atoms with Crippen LogP contribution in [0.1, 0.15) is 33.8 Å². The van der Waals surface area contributed by atoms with Gasteiger partial charge in [0.05, 0.1) is 17.6 Å². The number of carbonyl (C=O) groups is 1. The second-order valence-corrected chi connectivity index (χ2v) is 6.87. The molecule has 0 bridgehead atoms. The fraction of sp³-hybridized carbons (Fsp3) is 0.353. The highest BCUT2D eigenvalue weighted by Gasteiger charge is 2.22. The molecule has 2 aromatic rings. The van der Waals surface area contributed by atoms with E-state index in [1.165, 1.54) is 16.9 Å². The maximum atomic E-state index is 11.4. The zero-order valence-corrected chi connectivity index (χ0v) is 14.0. The molecule has 0 saturated carbocycles. The van der Waals surface area contributed by atoms with Crippen LogP contribution in [0.15, 0.2) is 35.7 Å². The first-order valence-electron chi connectivity index (χ1n) is 7.29. The average Bonchev–Trinajstić information content (AvgIpc) is 2.97. The number of hydrogen-bond donors (Lipinski definition) is 0. The molecule has 0 radical (unpaired) electrons. The predicted molar refractivity (Wildman–Crippen MR) is 89.7 cm³/mol. The van der Waals surface area contributed by atoms with Crippen molar-refractivity contribution >= 4 is 28.7 Å². The molecule has 1 aliphatic heterocycles. The van der Waals surface area contributed by atoms with Crippen LogP contribution in [0.4, 0.5) is 0 Å². The molecule has 3 nitrogen and oxygen atoms in total. The number of hydrogen-bond acceptors (Lipinski definition) is 4. The molecule has 2 heterocycles. The highest BCUT2D eigenvalue weighted by atomic mass is 35.5. The number of halogens is 1. The Hall–Kier alpha value is -1.20. The summed E-state index contributed by atoms with van der Waals surface area (Å²) in [7, 11) is 0. The number of ether oxygens (including phenoxy) is 1. The van der Waals surface area contributed by atoms with Gasteiger partial charge in [-0.2, -0.15) is 0 Å². The topological polar surface area (TPSA) is 29.5 Å². The van der Waals surface area contributed by atoms with Crippen molar-refractivity contribution in [1.82, 2.24) is 4.90 Å². The summed E-state index contributed by atoms with van der Waals surface area (Å²) in [5.41, 5.74) is 2.36. The molecule has 0 amide bonds. The molecule has 0 aliphatic carbocycles. The molecule has 1 aromatic carbocycles. The van der Waals surface area contributed by atoms with E-state index in [0.29, 0.717) is 0 Å². The fourth-order valence-corrected chi connectivity index (χ4v) is 3.56. The summed E-state index contributed by atoms with van der Waals surface area (Å²) in [6.45, 7) is 4.96. The van der Waals surface area contributed by atoms with Crippen molar-refractivity contribution < 1.29 is 9.53 Å². The van der Waals surface area contributed by atoms with Crippen molar-refractivity contribution in [3.05, 3.63) is 56.7 Å². The zero-order valence-electron chi connectivity index (χ0n) is 12.4. The van der Waals surface area contributed by atoms with Crippen molar-refractivity contribution in [3.8, 4) is 0 Å². The lowest BCUT2D eigenvalue weighted by Crippen LogP contribution is -2.37. The van der Waals surface area contributed by atoms with Crippen LogP contribution in [0.3, 0.4) is 0 Å². The number of ketones is 1. The summed E-state index contributed by atoms with van der Waals surface area (Å²) in [5.74, 6) is 0.136. The van der Waals surface area contributed by atoms with Gasteiger partial charge in [0.25, 0.3) is 0 Å². The number of thiophene rings is 1. The summed E-state index contributed by atoms with van der Waals surface area (Å²) < 4.78 is 5.88. The number of carbonyl (C=O) groups excluding carboxylic acids is 1. The van der Waals surface area contributed by atoms with E-state index < -0.39 is 0 Å². The Morgan fingerprint density at radius 3 is 2.86 bits per heavy atom. The second kappa shape index (κ2) is 6.92. The average molecular weight is 336 g/mol. The molecule has 0 spiro atoms. The van der Waals surface area contributed by atoms with Gasteiger partial charge in [0.1, 0.15) is 0 Å². The molecule has 1 fully saturated rings. The van der Waals surface area contributed by atoms with E-state index >= 15 is 0 Å². The molecule has 1 aromatic heterocycles. The fourth-order valence-electron chi connectivity index (χ4n) is 2.63. The van der Waals surface area contributed by atoms with Crippen LogP contribution in [0, 0.1) is 0 Å². The van der Waals surface area contributed by atoms with Crippen LogP contribution in [0.25, 0.3) is 0 Å². The van der Waals surface area contributed by atoms with Gasteiger partial charge in [-0.05, 0) is 41.6 Å². The summed E-state index contributed by atoms with van der Waals surface area (Å²) in [5, 5.41) is 2.81. The number of rotatable bonds is 4. The van der Waals surface area contributed by atoms with Gasteiger partial charge in [-0.3, -0.25) is 9.69 Å². The van der Waals surface area contributed by atoms with Gasteiger partial charge in [-0.15, -0.1) is 11.3 Å². The Morgan fingerprint density at radius 2 is 2.18 bits per heavy atom. The Bertz CT molecular complexity index is 653. The second-order valence-electron chi connectivity index (χ2n) is 5.52. The standard InChI is InChI=1S/C17H18ClNO2S/c1-12(20)17-8-13(11-22-17)9-19-6-7-21-16(10-19)14-2-4-15(18)5-3-14/h2-5,8,11,16H,6-7,9-10H2,1H3. The highest BCUT2D eigenvalue weighted by molar-refractivity contribution is 7.12. The smallest absolute Gasteiger partial charge is 0.169 e. The minimum absolute atomic E-state index is 0.0805. The molecule has 1 unspecified atom stereocenters. The van der Waals surface area contributed by atoms with E-state index in [-0.39, 0.29) is 11.9 Å². The quantitative estimate of drug-likeness (QED) is 0.785. The lowest BCUT2D eigenvalue weighted by Gasteiger charge is -2.33. The van der Waals surface area contributed by atoms with Crippen molar-refractivity contribution in [2.75, 3.05) is 19.7 Å². The Morgan fingerprint density at radius 1 is 1.41 bits per heavy atom. The Labute approximate surface area is 139 Å². The third-order valence-electron chi connectivity index (χ3n) is 3.80. The van der Waals surface area contributed by atoms with Crippen LogP contribution < -0.4 is 0 Å². The van der Waals surface area contributed by atoms with Gasteiger partial charge < -0.3 is 4.74 Å². The van der Waals surface area contributed by atoms with E-state index in [4.69, 9.17) is 16.3 Å². The summed E-state index contributed by atoms with van der Waals surface area (Å²) >= 11 is 7.46. The molecule has 22 heavy (non-hydrogen) atoms. The van der Waals surface area contributed by atoms with Gasteiger partial charge >= 0.3 is 0 Å². The van der Waals surface area contributed by atoms with Gasteiger partial charge in [-0.1, -0.05) is 23.7 Å². The molecule has 5 heteroatoms. The molecule has 3 rings (SSSR count). The minimum atomic E-state index is 0.0805. The molecule has 1 atom stereocenters. The van der Waals surface area contributed by atoms with E-state index in [0.717, 1.165) is 41.7 Å². The van der Waals surface area contributed by atoms with Crippen molar-refractivity contribution in [1.29, 1.82) is 0 Å². The van der Waals surface area contributed by atoms with E-state index in [1.807, 2.05) is 30.3 Å². The van der Waals surface area contributed by atoms with E-state index in [1.54, 1.807) is 6.92 Å². The maximum Gasteiger partial charge on any atom is 0.169 e. The highest BCUT2D eigenvalue weighted by Crippen LogP contribution is 2.25. The molecule has 116 valence electrons. The van der Waals surface area contributed by atoms with Crippen LogP contribution >= 0.6 is 22.9 Å². The van der Waals surface area contributed by atoms with E-state index in [9.17, 15) is 4.79 Å². The largest absolute Gasteiger partial charge is 0.371 e. The predicted octanol–water partition coefficient (Wildman–Crippen LogP) is 4.18. The minimum Gasteiger partial charge on any atom is -0.371 e. The number of nitrogens with zero attached hydrogens (tertiary/aromatic N) is 1. The number of Topliss-reactive ketones (excluding diaryl/α,β-unsaturated/α-hetero) is 1. The third kappa shape index (κ3) is 3.76. The molecular weight excluding hydrogens is 318 g/mol. The zero-order chi connectivity index (χ0) is 15.5. The van der Waals surface area contributed by atoms with Crippen molar-refractivity contribution in [3.63, 3.8) is 0 Å². The molecule has 1 aliphatic rings. The first-order chi connectivity index (χ1) is 10.6. The third-order valence-corrected chi connectivity index (χ3v) is 5.13. The molecular formula is C17H18ClNO2S. The number of benzene rings is 1. The first-order valence-corrected chi connectivity index (χ1v) is 8.55. The maximum absolute atomic E-state index is 11.4. The van der Waals surface area contributed by atoms with Gasteiger partial charge in [0.2, 0.25) is 0 Å². The van der Waals surface area contributed by atoms with Crippen LogP contribution in [-0.4, -0.2) is 30.4 Å². The Balaban J connectivity index is 1.65. The summed E-state index contributed by atoms with van der Waals surface area (Å²) in [6.07, 6.45) is 0.0805.